The summed E-state index contributed by atoms with van der Waals surface area (Å²) in [5, 5.41) is 3.52. The predicted octanol–water partition coefficient (Wildman–Crippen LogP) is 4.55. The van der Waals surface area contributed by atoms with E-state index < -0.39 is 0 Å². The molecule has 0 spiro atoms. The van der Waals surface area contributed by atoms with Crippen LogP contribution in [0.25, 0.3) is 0 Å². The van der Waals surface area contributed by atoms with Crippen molar-refractivity contribution in [2.75, 3.05) is 13.1 Å². The molecule has 0 aromatic heterocycles. The van der Waals surface area contributed by atoms with Crippen LogP contribution in [0.4, 0.5) is 0 Å². The quantitative estimate of drug-likeness (QED) is 0.819. The van der Waals surface area contributed by atoms with Gasteiger partial charge < -0.3 is 5.32 Å². The Kier molecular flexibility index (Phi) is 5.58. The minimum Gasteiger partial charge on any atom is -0.316 e. The third kappa shape index (κ3) is 4.18. The van der Waals surface area contributed by atoms with E-state index in [-0.39, 0.29) is 0 Å². The van der Waals surface area contributed by atoms with E-state index in [9.17, 15) is 0 Å². The normalized spacial score (nSPS) is 12.4. The average Bonchev–Trinajstić information content (AvgIpc) is 2.47. The van der Waals surface area contributed by atoms with Crippen LogP contribution in [0.3, 0.4) is 0 Å². The molecular weight excluding hydrogens is 254 g/mol. The highest BCUT2D eigenvalue weighted by Crippen LogP contribution is 2.24. The zero-order valence-electron chi connectivity index (χ0n) is 13.7. The topological polar surface area (TPSA) is 12.0 Å². The highest BCUT2D eigenvalue weighted by Gasteiger charge is 2.14. The summed E-state index contributed by atoms with van der Waals surface area (Å²) < 4.78 is 0. The van der Waals surface area contributed by atoms with Crippen LogP contribution in [0.15, 0.2) is 42.5 Å². The molecule has 0 saturated carbocycles. The molecule has 1 N–H and O–H groups in total. The summed E-state index contributed by atoms with van der Waals surface area (Å²) in [4.78, 5) is 0. The van der Waals surface area contributed by atoms with Crippen LogP contribution in [0.5, 0.6) is 0 Å². The summed E-state index contributed by atoms with van der Waals surface area (Å²) in [5.41, 5.74) is 7.07. The lowest BCUT2D eigenvalue weighted by Crippen LogP contribution is -2.23. The third-order valence-corrected chi connectivity index (χ3v) is 4.28. The van der Waals surface area contributed by atoms with Gasteiger partial charge >= 0.3 is 0 Å². The molecule has 0 bridgehead atoms. The Balaban J connectivity index is 2.26. The molecule has 1 unspecified atom stereocenters. The van der Waals surface area contributed by atoms with E-state index in [1.165, 1.54) is 27.8 Å². The average molecular weight is 281 g/mol. The van der Waals surface area contributed by atoms with Crippen molar-refractivity contribution < 1.29 is 0 Å². The highest BCUT2D eigenvalue weighted by atomic mass is 14.8. The van der Waals surface area contributed by atoms with Gasteiger partial charge in [0.1, 0.15) is 0 Å². The summed E-state index contributed by atoms with van der Waals surface area (Å²) >= 11 is 0. The fourth-order valence-corrected chi connectivity index (χ4v) is 2.88. The summed E-state index contributed by atoms with van der Waals surface area (Å²) in [6.45, 7) is 10.8. The molecule has 0 fully saturated rings. The number of likely N-dealkylation sites (N-methyl/N-ethyl adjacent to an activating group) is 1. The van der Waals surface area contributed by atoms with Gasteiger partial charge in [-0.25, -0.2) is 0 Å². The smallest absolute Gasteiger partial charge is 0.00232 e. The van der Waals surface area contributed by atoms with Crippen molar-refractivity contribution in [1.82, 2.24) is 5.32 Å². The Hall–Kier alpha value is -1.60. The first-order valence-corrected chi connectivity index (χ1v) is 7.94. The van der Waals surface area contributed by atoms with Gasteiger partial charge in [0.2, 0.25) is 0 Å². The number of benzene rings is 2. The van der Waals surface area contributed by atoms with Gasteiger partial charge in [0.25, 0.3) is 0 Å². The van der Waals surface area contributed by atoms with Gasteiger partial charge in [-0.3, -0.25) is 0 Å². The second kappa shape index (κ2) is 7.42. The summed E-state index contributed by atoms with van der Waals surface area (Å²) in [7, 11) is 0. The van der Waals surface area contributed by atoms with Crippen LogP contribution < -0.4 is 5.32 Å². The molecule has 1 atom stereocenters. The van der Waals surface area contributed by atoms with E-state index in [0.29, 0.717) is 5.92 Å². The number of rotatable bonds is 6. The van der Waals surface area contributed by atoms with Gasteiger partial charge in [-0.2, -0.15) is 0 Å². The SMILES string of the molecule is CCNCC(Cc1c(C)cccc1C)c1ccc(C)cc1. The van der Waals surface area contributed by atoms with Crippen LogP contribution in [-0.4, -0.2) is 13.1 Å². The van der Waals surface area contributed by atoms with Crippen molar-refractivity contribution in [1.29, 1.82) is 0 Å². The molecule has 0 aliphatic heterocycles. The van der Waals surface area contributed by atoms with Crippen LogP contribution in [0.2, 0.25) is 0 Å². The van der Waals surface area contributed by atoms with Gasteiger partial charge in [0, 0.05) is 12.5 Å². The van der Waals surface area contributed by atoms with Gasteiger partial charge in [-0.1, -0.05) is 55.0 Å². The second-order valence-corrected chi connectivity index (χ2v) is 5.99. The minimum absolute atomic E-state index is 0.533. The first kappa shape index (κ1) is 15.8. The molecule has 2 aromatic carbocycles. The Morgan fingerprint density at radius 3 is 2.10 bits per heavy atom. The number of nitrogens with one attached hydrogen (secondary N) is 1. The van der Waals surface area contributed by atoms with Crippen LogP contribution in [-0.2, 0) is 6.42 Å². The standard InChI is InChI=1S/C20H27N/c1-5-21-14-19(18-11-9-15(2)10-12-18)13-20-16(3)7-6-8-17(20)4/h6-12,19,21H,5,13-14H2,1-4H3. The van der Waals surface area contributed by atoms with E-state index in [2.05, 4.69) is 75.5 Å². The third-order valence-electron chi connectivity index (χ3n) is 4.28. The fraction of sp³-hybridized carbons (Fsp3) is 0.400. The van der Waals surface area contributed by atoms with Crippen molar-refractivity contribution in [2.45, 2.75) is 40.0 Å². The van der Waals surface area contributed by atoms with Crippen molar-refractivity contribution in [3.63, 3.8) is 0 Å². The maximum absolute atomic E-state index is 3.52. The van der Waals surface area contributed by atoms with E-state index >= 15 is 0 Å². The monoisotopic (exact) mass is 281 g/mol. The first-order valence-electron chi connectivity index (χ1n) is 7.94. The van der Waals surface area contributed by atoms with Crippen LogP contribution in [0, 0.1) is 20.8 Å². The van der Waals surface area contributed by atoms with Crippen molar-refractivity contribution >= 4 is 0 Å². The van der Waals surface area contributed by atoms with Crippen molar-refractivity contribution in [2.24, 2.45) is 0 Å². The lowest BCUT2D eigenvalue weighted by Gasteiger charge is -2.20. The summed E-state index contributed by atoms with van der Waals surface area (Å²) in [5.74, 6) is 0.533. The molecule has 0 radical (unpaired) electrons. The largest absolute Gasteiger partial charge is 0.316 e. The predicted molar refractivity (Wildman–Crippen MR) is 92.1 cm³/mol. The molecule has 1 nitrogen and oxygen atoms in total. The lowest BCUT2D eigenvalue weighted by atomic mass is 9.88. The molecule has 2 rings (SSSR count). The fourth-order valence-electron chi connectivity index (χ4n) is 2.88. The maximum atomic E-state index is 3.52. The summed E-state index contributed by atoms with van der Waals surface area (Å²) in [6, 6.07) is 15.6. The first-order chi connectivity index (χ1) is 10.1. The Morgan fingerprint density at radius 1 is 0.905 bits per heavy atom. The number of hydrogen-bond donors (Lipinski definition) is 1. The highest BCUT2D eigenvalue weighted by molar-refractivity contribution is 5.36. The van der Waals surface area contributed by atoms with E-state index in [1.54, 1.807) is 0 Å². The molecule has 21 heavy (non-hydrogen) atoms. The van der Waals surface area contributed by atoms with E-state index in [1.807, 2.05) is 0 Å². The second-order valence-electron chi connectivity index (χ2n) is 5.99. The van der Waals surface area contributed by atoms with E-state index in [0.717, 1.165) is 19.5 Å². The van der Waals surface area contributed by atoms with Gasteiger partial charge in [0.15, 0.2) is 0 Å². The molecule has 0 saturated heterocycles. The molecule has 112 valence electrons. The van der Waals surface area contributed by atoms with Crippen LogP contribution in [0.1, 0.15) is 40.7 Å². The molecule has 2 aromatic rings. The molecule has 0 aliphatic rings. The molecule has 0 heterocycles. The molecule has 1 heteroatoms. The van der Waals surface area contributed by atoms with Gasteiger partial charge in [-0.15, -0.1) is 0 Å². The zero-order chi connectivity index (χ0) is 15.2. The van der Waals surface area contributed by atoms with Crippen LogP contribution >= 0.6 is 0 Å². The Morgan fingerprint density at radius 2 is 1.52 bits per heavy atom. The van der Waals surface area contributed by atoms with E-state index in [4.69, 9.17) is 0 Å². The molecule has 0 aliphatic carbocycles. The zero-order valence-corrected chi connectivity index (χ0v) is 13.7. The van der Waals surface area contributed by atoms with Gasteiger partial charge in [-0.05, 0) is 56.0 Å². The maximum Gasteiger partial charge on any atom is 0.00232 e. The number of hydrogen-bond acceptors (Lipinski definition) is 1. The van der Waals surface area contributed by atoms with Gasteiger partial charge in [0.05, 0.1) is 0 Å². The molecular formula is C20H27N. The Bertz CT molecular complexity index is 549. The van der Waals surface area contributed by atoms with Crippen molar-refractivity contribution in [3.8, 4) is 0 Å². The minimum atomic E-state index is 0.533. The lowest BCUT2D eigenvalue weighted by molar-refractivity contribution is 0.592. The van der Waals surface area contributed by atoms with Crippen molar-refractivity contribution in [3.05, 3.63) is 70.3 Å². The summed E-state index contributed by atoms with van der Waals surface area (Å²) in [6.07, 6.45) is 1.11. The number of aryl methyl sites for hydroxylation is 3. The Labute approximate surface area is 129 Å². The molecule has 0 amide bonds.